The molecule has 0 spiro atoms. The van der Waals surface area contributed by atoms with Crippen LogP contribution in [0.15, 0.2) is 36.7 Å². The fraction of sp³-hybridized carbons (Fsp3) is 0.143. The molecule has 0 atom stereocenters. The van der Waals surface area contributed by atoms with Crippen molar-refractivity contribution in [3.8, 4) is 0 Å². The molecule has 0 unspecified atom stereocenters. The van der Waals surface area contributed by atoms with Gasteiger partial charge in [-0.15, -0.1) is 0 Å². The first-order valence-corrected chi connectivity index (χ1v) is 7.09. The van der Waals surface area contributed by atoms with Gasteiger partial charge in [0.25, 0.3) is 11.1 Å². The van der Waals surface area contributed by atoms with Crippen molar-refractivity contribution in [2.45, 2.75) is 0 Å². The Morgan fingerprint density at radius 3 is 1.68 bits per heavy atom. The average molecular weight is 361 g/mol. The summed E-state index contributed by atoms with van der Waals surface area (Å²) in [5.41, 5.74) is 0.899. The highest BCUT2D eigenvalue weighted by Crippen LogP contribution is 2.07. The van der Waals surface area contributed by atoms with E-state index in [1.165, 1.54) is 29.4 Å². The van der Waals surface area contributed by atoms with Crippen LogP contribution < -0.4 is 0 Å². The SMILES string of the molecule is CN(C)C(=O)c1ccc(Cl)nc1.O=C(Cl)c1ccc(Cl)nc1. The van der Waals surface area contributed by atoms with E-state index in [0.717, 1.165) is 0 Å². The minimum atomic E-state index is -0.524. The van der Waals surface area contributed by atoms with E-state index in [4.69, 9.17) is 34.8 Å². The Balaban J connectivity index is 0.000000224. The van der Waals surface area contributed by atoms with E-state index in [9.17, 15) is 9.59 Å². The molecule has 0 aliphatic rings. The lowest BCUT2D eigenvalue weighted by Crippen LogP contribution is -2.21. The third-order valence-electron chi connectivity index (χ3n) is 2.33. The molecule has 0 aliphatic carbocycles. The summed E-state index contributed by atoms with van der Waals surface area (Å²) < 4.78 is 0. The van der Waals surface area contributed by atoms with Gasteiger partial charge in [0, 0.05) is 26.5 Å². The molecule has 1 amide bonds. The molecule has 0 aliphatic heterocycles. The zero-order valence-electron chi connectivity index (χ0n) is 11.8. The second-order valence-corrected chi connectivity index (χ2v) is 5.33. The van der Waals surface area contributed by atoms with E-state index in [2.05, 4.69) is 9.97 Å². The zero-order valence-corrected chi connectivity index (χ0v) is 14.0. The molecule has 116 valence electrons. The van der Waals surface area contributed by atoms with Crippen LogP contribution in [0.5, 0.6) is 0 Å². The van der Waals surface area contributed by atoms with E-state index in [1.807, 2.05) is 0 Å². The van der Waals surface area contributed by atoms with Crippen molar-refractivity contribution in [3.63, 3.8) is 0 Å². The van der Waals surface area contributed by atoms with Crippen molar-refractivity contribution >= 4 is 46.0 Å². The molecule has 0 aromatic carbocycles. The lowest BCUT2D eigenvalue weighted by Gasteiger charge is -2.08. The van der Waals surface area contributed by atoms with Gasteiger partial charge in [0.1, 0.15) is 10.3 Å². The maximum Gasteiger partial charge on any atom is 0.254 e. The molecule has 8 heteroatoms. The van der Waals surface area contributed by atoms with E-state index in [1.54, 1.807) is 26.2 Å². The van der Waals surface area contributed by atoms with Crippen molar-refractivity contribution in [3.05, 3.63) is 58.1 Å². The molecule has 0 N–H and O–H groups in total. The number of carbonyl (C=O) groups is 2. The van der Waals surface area contributed by atoms with Gasteiger partial charge in [0.15, 0.2) is 0 Å². The average Bonchev–Trinajstić information content (AvgIpc) is 2.48. The van der Waals surface area contributed by atoms with E-state index in [-0.39, 0.29) is 5.91 Å². The Labute approximate surface area is 142 Å². The van der Waals surface area contributed by atoms with Gasteiger partial charge in [-0.3, -0.25) is 9.59 Å². The van der Waals surface area contributed by atoms with Crippen LogP contribution in [0, 0.1) is 0 Å². The highest BCUT2D eigenvalue weighted by molar-refractivity contribution is 6.67. The summed E-state index contributed by atoms with van der Waals surface area (Å²) in [5, 5.41) is 0.219. The fourth-order valence-corrected chi connectivity index (χ4v) is 1.59. The number of halogens is 3. The van der Waals surface area contributed by atoms with Gasteiger partial charge in [0.05, 0.1) is 11.1 Å². The Morgan fingerprint density at radius 2 is 1.36 bits per heavy atom. The highest BCUT2D eigenvalue weighted by Gasteiger charge is 2.06. The van der Waals surface area contributed by atoms with Crippen LogP contribution in [-0.4, -0.2) is 40.1 Å². The number of amides is 1. The molecule has 0 radical (unpaired) electrons. The number of rotatable bonds is 2. The number of pyridine rings is 2. The normalized spacial score (nSPS) is 9.50. The minimum absolute atomic E-state index is 0.0702. The summed E-state index contributed by atoms with van der Waals surface area (Å²) in [5.74, 6) is -0.0702. The second-order valence-electron chi connectivity index (χ2n) is 4.21. The molecule has 0 saturated carbocycles. The first kappa shape index (κ1) is 18.4. The smallest absolute Gasteiger partial charge is 0.254 e. The van der Waals surface area contributed by atoms with Gasteiger partial charge in [-0.1, -0.05) is 23.2 Å². The van der Waals surface area contributed by atoms with Gasteiger partial charge in [0.2, 0.25) is 0 Å². The maximum absolute atomic E-state index is 11.3. The van der Waals surface area contributed by atoms with Gasteiger partial charge < -0.3 is 4.90 Å². The first-order valence-electron chi connectivity index (χ1n) is 5.96. The van der Waals surface area contributed by atoms with Crippen LogP contribution in [0.2, 0.25) is 10.3 Å². The first-order chi connectivity index (χ1) is 10.3. The topological polar surface area (TPSA) is 63.2 Å². The van der Waals surface area contributed by atoms with E-state index < -0.39 is 5.24 Å². The van der Waals surface area contributed by atoms with Gasteiger partial charge >= 0.3 is 0 Å². The monoisotopic (exact) mass is 359 g/mol. The molecule has 2 heterocycles. The molecule has 2 aromatic heterocycles. The number of carbonyl (C=O) groups excluding carboxylic acids is 2. The predicted octanol–water partition coefficient (Wildman–Crippen LogP) is 3.55. The molecule has 5 nitrogen and oxygen atoms in total. The van der Waals surface area contributed by atoms with Crippen molar-refractivity contribution in [1.29, 1.82) is 0 Å². The van der Waals surface area contributed by atoms with Crippen LogP contribution in [-0.2, 0) is 0 Å². The molecule has 0 fully saturated rings. The molecule has 2 rings (SSSR count). The van der Waals surface area contributed by atoms with E-state index in [0.29, 0.717) is 21.4 Å². The lowest BCUT2D eigenvalue weighted by atomic mass is 10.2. The molecule has 0 saturated heterocycles. The van der Waals surface area contributed by atoms with Crippen LogP contribution >= 0.6 is 34.8 Å². The molecule has 2 aromatic rings. The Kier molecular flexibility index (Phi) is 7.24. The van der Waals surface area contributed by atoms with Gasteiger partial charge in [-0.25, -0.2) is 9.97 Å². The Hall–Kier alpha value is -1.69. The van der Waals surface area contributed by atoms with Crippen LogP contribution in [0.3, 0.4) is 0 Å². The van der Waals surface area contributed by atoms with Crippen molar-refractivity contribution in [2.75, 3.05) is 14.1 Å². The Bertz CT molecular complexity index is 643. The maximum atomic E-state index is 11.3. The summed E-state index contributed by atoms with van der Waals surface area (Å²) in [6.07, 6.45) is 2.79. The van der Waals surface area contributed by atoms with Gasteiger partial charge in [-0.05, 0) is 35.9 Å². The largest absolute Gasteiger partial charge is 0.345 e. The minimum Gasteiger partial charge on any atom is -0.345 e. The third kappa shape index (κ3) is 5.97. The fourth-order valence-electron chi connectivity index (χ4n) is 1.25. The Morgan fingerprint density at radius 1 is 0.909 bits per heavy atom. The van der Waals surface area contributed by atoms with Crippen LogP contribution in [0.25, 0.3) is 0 Å². The van der Waals surface area contributed by atoms with Crippen LogP contribution in [0.1, 0.15) is 20.7 Å². The lowest BCUT2D eigenvalue weighted by molar-refractivity contribution is 0.0827. The van der Waals surface area contributed by atoms with Crippen LogP contribution in [0.4, 0.5) is 0 Å². The molecule has 0 bridgehead atoms. The number of hydrogen-bond donors (Lipinski definition) is 0. The third-order valence-corrected chi connectivity index (χ3v) is 3.00. The van der Waals surface area contributed by atoms with E-state index >= 15 is 0 Å². The quantitative estimate of drug-likeness (QED) is 0.607. The number of hydrogen-bond acceptors (Lipinski definition) is 4. The van der Waals surface area contributed by atoms with Crippen molar-refractivity contribution in [1.82, 2.24) is 14.9 Å². The second kappa shape index (κ2) is 8.68. The molecule has 22 heavy (non-hydrogen) atoms. The summed E-state index contributed by atoms with van der Waals surface area (Å²) in [6, 6.07) is 6.28. The highest BCUT2D eigenvalue weighted by atomic mass is 35.5. The molecular formula is C14H12Cl3N3O2. The van der Waals surface area contributed by atoms with Crippen molar-refractivity contribution in [2.24, 2.45) is 0 Å². The predicted molar refractivity (Wildman–Crippen MR) is 86.7 cm³/mol. The molecular weight excluding hydrogens is 349 g/mol. The zero-order chi connectivity index (χ0) is 16.7. The summed E-state index contributed by atoms with van der Waals surface area (Å²) in [6.45, 7) is 0. The summed E-state index contributed by atoms with van der Waals surface area (Å²) in [4.78, 5) is 30.7. The summed E-state index contributed by atoms with van der Waals surface area (Å²) in [7, 11) is 3.38. The standard InChI is InChI=1S/C8H9ClN2O.C6H3Cl2NO/c1-11(2)8(12)6-3-4-7(9)10-5-6;7-5-2-1-4(3-9-5)6(8)10/h3-5H,1-2H3;1-3H. The number of aromatic nitrogens is 2. The van der Waals surface area contributed by atoms with Gasteiger partial charge in [-0.2, -0.15) is 0 Å². The number of nitrogens with zero attached hydrogens (tertiary/aromatic N) is 3. The van der Waals surface area contributed by atoms with Crippen molar-refractivity contribution < 1.29 is 9.59 Å². The summed E-state index contributed by atoms with van der Waals surface area (Å²) >= 11 is 16.1.